The zero-order valence-corrected chi connectivity index (χ0v) is 12.1. The molecule has 0 aromatic carbocycles. The van der Waals surface area contributed by atoms with Gasteiger partial charge in [-0.3, -0.25) is 4.79 Å². The summed E-state index contributed by atoms with van der Waals surface area (Å²) in [6.45, 7) is 5.82. The molecule has 0 aliphatic rings. The number of amides is 1. The summed E-state index contributed by atoms with van der Waals surface area (Å²) in [6, 6.07) is 3.06. The van der Waals surface area contributed by atoms with Crippen LogP contribution in [0.15, 0.2) is 12.1 Å². The maximum Gasteiger partial charge on any atom is 0.335 e. The van der Waals surface area contributed by atoms with Gasteiger partial charge in [-0.1, -0.05) is 13.3 Å². The van der Waals surface area contributed by atoms with Crippen molar-refractivity contribution in [3.63, 3.8) is 0 Å². The Hall–Kier alpha value is -2.11. The second kappa shape index (κ2) is 7.47. The summed E-state index contributed by atoms with van der Waals surface area (Å²) < 4.78 is 0. The summed E-state index contributed by atoms with van der Waals surface area (Å²) >= 11 is 0. The Bertz CT molecular complexity index is 487. The molecule has 6 heteroatoms. The van der Waals surface area contributed by atoms with Gasteiger partial charge in [-0.2, -0.15) is 0 Å². The molecule has 0 spiro atoms. The van der Waals surface area contributed by atoms with Crippen LogP contribution >= 0.6 is 0 Å². The highest BCUT2D eigenvalue weighted by atomic mass is 16.4. The summed E-state index contributed by atoms with van der Waals surface area (Å²) in [5, 5.41) is 14.7. The van der Waals surface area contributed by atoms with Crippen LogP contribution in [0.1, 0.15) is 43.2 Å². The molecule has 20 heavy (non-hydrogen) atoms. The van der Waals surface area contributed by atoms with Crippen molar-refractivity contribution in [1.29, 1.82) is 0 Å². The molecule has 0 aliphatic carbocycles. The second-order valence-electron chi connectivity index (χ2n) is 4.86. The first-order valence-corrected chi connectivity index (χ1v) is 6.69. The number of carbonyl (C=O) groups is 2. The van der Waals surface area contributed by atoms with E-state index in [1.165, 1.54) is 6.07 Å². The zero-order valence-electron chi connectivity index (χ0n) is 12.1. The number of carboxylic acids is 1. The van der Waals surface area contributed by atoms with Crippen LogP contribution in [0.5, 0.6) is 0 Å². The molecule has 0 bridgehead atoms. The van der Waals surface area contributed by atoms with Crippen LogP contribution < -0.4 is 10.6 Å². The van der Waals surface area contributed by atoms with Crippen LogP contribution in [0.3, 0.4) is 0 Å². The highest BCUT2D eigenvalue weighted by molar-refractivity contribution is 5.89. The van der Waals surface area contributed by atoms with E-state index >= 15 is 0 Å². The van der Waals surface area contributed by atoms with Gasteiger partial charge in [-0.05, 0) is 32.4 Å². The first-order chi connectivity index (χ1) is 9.42. The lowest BCUT2D eigenvalue weighted by Gasteiger charge is -2.11. The van der Waals surface area contributed by atoms with Crippen LogP contribution in [-0.4, -0.2) is 34.6 Å². The lowest BCUT2D eigenvalue weighted by Crippen LogP contribution is -2.35. The fourth-order valence-electron chi connectivity index (χ4n) is 1.73. The minimum Gasteiger partial charge on any atom is -0.478 e. The average molecular weight is 279 g/mol. The van der Waals surface area contributed by atoms with E-state index in [1.54, 1.807) is 6.07 Å². The largest absolute Gasteiger partial charge is 0.478 e. The Labute approximate surface area is 118 Å². The summed E-state index contributed by atoms with van der Waals surface area (Å²) in [6.07, 6.45) is 1.58. The number of pyridine rings is 1. The molecule has 0 radical (unpaired) electrons. The van der Waals surface area contributed by atoms with Gasteiger partial charge in [0.15, 0.2) is 0 Å². The number of nitrogens with zero attached hydrogens (tertiary/aromatic N) is 1. The summed E-state index contributed by atoms with van der Waals surface area (Å²) in [5.74, 6) is -0.744. The lowest BCUT2D eigenvalue weighted by molar-refractivity contribution is -0.119. The molecular formula is C14H21N3O3. The molecule has 0 saturated heterocycles. The maximum absolute atomic E-state index is 11.5. The summed E-state index contributed by atoms with van der Waals surface area (Å²) in [4.78, 5) is 26.9. The van der Waals surface area contributed by atoms with Crippen molar-refractivity contribution in [1.82, 2.24) is 10.3 Å². The molecule has 1 rings (SSSR count). The van der Waals surface area contributed by atoms with Gasteiger partial charge >= 0.3 is 5.97 Å². The Balaban J connectivity index is 2.78. The molecule has 3 N–H and O–H groups in total. The molecule has 1 aromatic heterocycles. The average Bonchev–Trinajstić information content (AvgIpc) is 2.35. The van der Waals surface area contributed by atoms with E-state index in [0.717, 1.165) is 6.42 Å². The SMILES string of the molecule is CCCc1cc(C(=O)O)cc(NCC(=O)NC(C)C)n1. The van der Waals surface area contributed by atoms with E-state index in [9.17, 15) is 9.59 Å². The molecule has 0 aliphatic heterocycles. The minimum atomic E-state index is -1.00. The molecule has 1 heterocycles. The minimum absolute atomic E-state index is 0.0678. The number of hydrogen-bond acceptors (Lipinski definition) is 4. The quantitative estimate of drug-likeness (QED) is 0.706. The fraction of sp³-hybridized carbons (Fsp3) is 0.500. The van der Waals surface area contributed by atoms with Crippen molar-refractivity contribution in [2.24, 2.45) is 0 Å². The Kier molecular flexibility index (Phi) is 5.96. The molecule has 0 atom stereocenters. The molecule has 0 unspecified atom stereocenters. The van der Waals surface area contributed by atoms with Gasteiger partial charge in [-0.25, -0.2) is 9.78 Å². The topological polar surface area (TPSA) is 91.3 Å². The van der Waals surface area contributed by atoms with Crippen LogP contribution in [0, 0.1) is 0 Å². The van der Waals surface area contributed by atoms with E-state index in [-0.39, 0.29) is 24.1 Å². The van der Waals surface area contributed by atoms with Crippen molar-refractivity contribution in [3.05, 3.63) is 23.4 Å². The van der Waals surface area contributed by atoms with Gasteiger partial charge in [0.05, 0.1) is 12.1 Å². The van der Waals surface area contributed by atoms with Crippen molar-refractivity contribution >= 4 is 17.7 Å². The monoisotopic (exact) mass is 279 g/mol. The number of anilines is 1. The smallest absolute Gasteiger partial charge is 0.335 e. The third-order valence-corrected chi connectivity index (χ3v) is 2.51. The van der Waals surface area contributed by atoms with Gasteiger partial charge in [-0.15, -0.1) is 0 Å². The van der Waals surface area contributed by atoms with E-state index in [4.69, 9.17) is 5.11 Å². The number of nitrogens with one attached hydrogen (secondary N) is 2. The number of aromatic carboxylic acids is 1. The van der Waals surface area contributed by atoms with Crippen LogP contribution in [0.25, 0.3) is 0 Å². The number of carboxylic acid groups (broad SMARTS) is 1. The Morgan fingerprint density at radius 3 is 2.60 bits per heavy atom. The number of carbonyl (C=O) groups excluding carboxylic acids is 1. The highest BCUT2D eigenvalue weighted by Crippen LogP contribution is 2.12. The Morgan fingerprint density at radius 1 is 1.35 bits per heavy atom. The van der Waals surface area contributed by atoms with Crippen LogP contribution in [-0.2, 0) is 11.2 Å². The number of aromatic nitrogens is 1. The second-order valence-corrected chi connectivity index (χ2v) is 4.86. The van der Waals surface area contributed by atoms with E-state index in [0.29, 0.717) is 17.9 Å². The van der Waals surface area contributed by atoms with E-state index in [2.05, 4.69) is 15.6 Å². The van der Waals surface area contributed by atoms with Gasteiger partial charge in [0.2, 0.25) is 5.91 Å². The van der Waals surface area contributed by atoms with Gasteiger partial charge < -0.3 is 15.7 Å². The van der Waals surface area contributed by atoms with Gasteiger partial charge in [0, 0.05) is 11.7 Å². The summed E-state index contributed by atoms with van der Waals surface area (Å²) in [5.41, 5.74) is 0.884. The van der Waals surface area contributed by atoms with Crippen LogP contribution in [0.2, 0.25) is 0 Å². The molecule has 1 aromatic rings. The Morgan fingerprint density at radius 2 is 2.05 bits per heavy atom. The normalized spacial score (nSPS) is 10.4. The van der Waals surface area contributed by atoms with E-state index in [1.807, 2.05) is 20.8 Å². The van der Waals surface area contributed by atoms with Crippen molar-refractivity contribution in [2.75, 3.05) is 11.9 Å². The predicted octanol–water partition coefficient (Wildman–Crippen LogP) is 1.67. The standard InChI is InChI=1S/C14H21N3O3/c1-4-5-11-6-10(14(19)20)7-12(17-11)15-8-13(18)16-9(2)3/h6-7,9H,4-5,8H2,1-3H3,(H,15,17)(H,16,18)(H,19,20). The molecule has 0 fully saturated rings. The number of rotatable bonds is 7. The first-order valence-electron chi connectivity index (χ1n) is 6.69. The number of hydrogen-bond donors (Lipinski definition) is 3. The fourth-order valence-corrected chi connectivity index (χ4v) is 1.73. The number of aryl methyl sites for hydroxylation is 1. The third kappa shape index (κ3) is 5.26. The lowest BCUT2D eigenvalue weighted by atomic mass is 10.1. The highest BCUT2D eigenvalue weighted by Gasteiger charge is 2.09. The van der Waals surface area contributed by atoms with Gasteiger partial charge in [0.1, 0.15) is 5.82 Å². The third-order valence-electron chi connectivity index (χ3n) is 2.51. The first kappa shape index (κ1) is 15.9. The van der Waals surface area contributed by atoms with Crippen molar-refractivity contribution in [3.8, 4) is 0 Å². The summed E-state index contributed by atoms with van der Waals surface area (Å²) in [7, 11) is 0. The van der Waals surface area contributed by atoms with E-state index < -0.39 is 5.97 Å². The zero-order chi connectivity index (χ0) is 15.1. The van der Waals surface area contributed by atoms with Gasteiger partial charge in [0.25, 0.3) is 0 Å². The van der Waals surface area contributed by atoms with Crippen molar-refractivity contribution < 1.29 is 14.7 Å². The molecule has 0 saturated carbocycles. The molecule has 1 amide bonds. The van der Waals surface area contributed by atoms with Crippen LogP contribution in [0.4, 0.5) is 5.82 Å². The predicted molar refractivity (Wildman–Crippen MR) is 77.0 cm³/mol. The molecule has 6 nitrogen and oxygen atoms in total. The maximum atomic E-state index is 11.5. The molecule has 110 valence electrons. The van der Waals surface area contributed by atoms with Crippen molar-refractivity contribution in [2.45, 2.75) is 39.7 Å². The molecular weight excluding hydrogens is 258 g/mol.